The number of anilines is 1. The second-order valence-corrected chi connectivity index (χ2v) is 6.81. The molecule has 0 radical (unpaired) electrons. The largest absolute Gasteiger partial charge is 0.378 e. The topological polar surface area (TPSA) is 33.4 Å². The zero-order chi connectivity index (χ0) is 16.0. The maximum absolute atomic E-state index is 6.63. The van der Waals surface area contributed by atoms with Crippen molar-refractivity contribution in [3.63, 3.8) is 0 Å². The molecule has 23 heavy (non-hydrogen) atoms. The second kappa shape index (κ2) is 5.24. The van der Waals surface area contributed by atoms with Crippen molar-refractivity contribution in [2.45, 2.75) is 24.7 Å². The summed E-state index contributed by atoms with van der Waals surface area (Å²) < 4.78 is 1.78. The number of hydrogen-bond acceptors (Lipinski definition) is 3. The Morgan fingerprint density at radius 1 is 1.17 bits per heavy atom. The summed E-state index contributed by atoms with van der Waals surface area (Å²) >= 11 is 6.63. The third-order valence-corrected chi connectivity index (χ3v) is 5.28. The summed E-state index contributed by atoms with van der Waals surface area (Å²) in [5.74, 6) is 0. The molecule has 5 heteroatoms. The first kappa shape index (κ1) is 14.5. The molecule has 0 bridgehead atoms. The van der Waals surface area contributed by atoms with Crippen LogP contribution < -0.4 is 4.90 Å². The molecule has 1 aliphatic rings. The van der Waals surface area contributed by atoms with E-state index in [1.807, 2.05) is 12.3 Å². The lowest BCUT2D eigenvalue weighted by Gasteiger charge is -2.41. The van der Waals surface area contributed by atoms with Gasteiger partial charge >= 0.3 is 0 Å². The summed E-state index contributed by atoms with van der Waals surface area (Å²) in [6.45, 7) is 0. The van der Waals surface area contributed by atoms with Gasteiger partial charge in [0.2, 0.25) is 0 Å². The number of fused-ring (bicyclic) bond motifs is 1. The summed E-state index contributed by atoms with van der Waals surface area (Å²) in [4.78, 5) is 6.48. The van der Waals surface area contributed by atoms with E-state index in [2.05, 4.69) is 48.2 Å². The van der Waals surface area contributed by atoms with Crippen molar-refractivity contribution in [1.29, 1.82) is 0 Å². The molecule has 4 nitrogen and oxygen atoms in total. The van der Waals surface area contributed by atoms with Crippen LogP contribution in [0, 0.1) is 0 Å². The van der Waals surface area contributed by atoms with Crippen LogP contribution in [0.2, 0.25) is 5.02 Å². The molecule has 0 spiro atoms. The third kappa shape index (κ3) is 2.12. The van der Waals surface area contributed by atoms with Crippen LogP contribution in [0.25, 0.3) is 5.65 Å². The van der Waals surface area contributed by atoms with Gasteiger partial charge in [0.25, 0.3) is 0 Å². The fraction of sp³-hybridized carbons (Fsp3) is 0.333. The van der Waals surface area contributed by atoms with Gasteiger partial charge in [0.1, 0.15) is 5.02 Å². The summed E-state index contributed by atoms with van der Waals surface area (Å²) in [7, 11) is 4.11. The number of halogens is 1. The highest BCUT2D eigenvalue weighted by molar-refractivity contribution is 6.34. The van der Waals surface area contributed by atoms with Crippen molar-refractivity contribution in [2.24, 2.45) is 0 Å². The SMILES string of the molecule is CN(C)c1ccc(C2(c3nn4cccnc4c3Cl)CCC2)cc1. The molecule has 1 aliphatic carbocycles. The Morgan fingerprint density at radius 3 is 2.48 bits per heavy atom. The summed E-state index contributed by atoms with van der Waals surface area (Å²) in [6.07, 6.45) is 7.02. The van der Waals surface area contributed by atoms with Gasteiger partial charge in [-0.15, -0.1) is 0 Å². The quantitative estimate of drug-likeness (QED) is 0.731. The highest BCUT2D eigenvalue weighted by Gasteiger charge is 2.44. The molecule has 1 saturated carbocycles. The fourth-order valence-corrected chi connectivity index (χ4v) is 3.79. The predicted octanol–water partition coefficient (Wildman–Crippen LogP) is 3.92. The minimum atomic E-state index is -0.0738. The third-order valence-electron chi connectivity index (χ3n) is 4.94. The van der Waals surface area contributed by atoms with Crippen LogP contribution >= 0.6 is 11.6 Å². The van der Waals surface area contributed by atoms with E-state index in [0.29, 0.717) is 5.02 Å². The average Bonchev–Trinajstić information content (AvgIpc) is 2.85. The minimum absolute atomic E-state index is 0.0738. The first-order valence-corrected chi connectivity index (χ1v) is 8.27. The molecule has 0 unspecified atom stereocenters. The van der Waals surface area contributed by atoms with Crippen molar-refractivity contribution >= 4 is 22.9 Å². The standard InChI is InChI=1S/C18H19ClN4/c1-22(2)14-7-5-13(6-8-14)18(9-3-10-18)16-15(19)17-20-11-4-12-23(17)21-16/h4-8,11-12H,3,9-10H2,1-2H3. The van der Waals surface area contributed by atoms with Crippen molar-refractivity contribution in [2.75, 3.05) is 19.0 Å². The number of rotatable bonds is 3. The predicted molar refractivity (Wildman–Crippen MR) is 93.4 cm³/mol. The van der Waals surface area contributed by atoms with Crippen LogP contribution in [0.4, 0.5) is 5.69 Å². The molecule has 3 aromatic rings. The zero-order valence-corrected chi connectivity index (χ0v) is 14.1. The van der Waals surface area contributed by atoms with Gasteiger partial charge in [-0.05, 0) is 36.6 Å². The molecule has 118 valence electrons. The molecule has 4 rings (SSSR count). The highest BCUT2D eigenvalue weighted by Crippen LogP contribution is 2.51. The molecule has 1 aromatic carbocycles. The maximum Gasteiger partial charge on any atom is 0.174 e. The lowest BCUT2D eigenvalue weighted by molar-refractivity contribution is 0.293. The van der Waals surface area contributed by atoms with Gasteiger partial charge in [0.05, 0.1) is 5.69 Å². The Bertz CT molecular complexity index is 847. The molecule has 0 N–H and O–H groups in total. The van der Waals surface area contributed by atoms with E-state index in [1.165, 1.54) is 17.7 Å². The van der Waals surface area contributed by atoms with E-state index in [4.69, 9.17) is 16.7 Å². The van der Waals surface area contributed by atoms with Gasteiger partial charge in [-0.3, -0.25) is 0 Å². The van der Waals surface area contributed by atoms with Gasteiger partial charge in [0, 0.05) is 37.6 Å². The molecule has 0 aliphatic heterocycles. The average molecular weight is 327 g/mol. The normalized spacial score (nSPS) is 16.3. The number of hydrogen-bond donors (Lipinski definition) is 0. The Morgan fingerprint density at radius 2 is 1.91 bits per heavy atom. The molecule has 0 atom stereocenters. The van der Waals surface area contributed by atoms with E-state index in [0.717, 1.165) is 24.2 Å². The van der Waals surface area contributed by atoms with Crippen molar-refractivity contribution in [3.05, 3.63) is 59.0 Å². The van der Waals surface area contributed by atoms with Crippen LogP contribution in [0.3, 0.4) is 0 Å². The maximum atomic E-state index is 6.63. The van der Waals surface area contributed by atoms with Crippen LogP contribution in [-0.4, -0.2) is 28.7 Å². The highest BCUT2D eigenvalue weighted by atomic mass is 35.5. The van der Waals surface area contributed by atoms with Crippen LogP contribution in [0.5, 0.6) is 0 Å². The molecule has 1 fully saturated rings. The van der Waals surface area contributed by atoms with E-state index < -0.39 is 0 Å². The summed E-state index contributed by atoms with van der Waals surface area (Å²) in [6, 6.07) is 10.6. The number of nitrogens with zero attached hydrogens (tertiary/aromatic N) is 4. The number of benzene rings is 1. The first-order valence-electron chi connectivity index (χ1n) is 7.89. The van der Waals surface area contributed by atoms with Gasteiger partial charge in [-0.1, -0.05) is 30.2 Å². The summed E-state index contributed by atoms with van der Waals surface area (Å²) in [5.41, 5.74) is 4.11. The molecule has 2 aromatic heterocycles. The lowest BCUT2D eigenvalue weighted by Crippen LogP contribution is -2.36. The fourth-order valence-electron chi connectivity index (χ4n) is 3.44. The van der Waals surface area contributed by atoms with Crippen LogP contribution in [0.1, 0.15) is 30.5 Å². The van der Waals surface area contributed by atoms with Gasteiger partial charge in [0.15, 0.2) is 5.65 Å². The van der Waals surface area contributed by atoms with E-state index in [9.17, 15) is 0 Å². The Balaban J connectivity index is 1.84. The summed E-state index contributed by atoms with van der Waals surface area (Å²) in [5, 5.41) is 5.43. The Labute approximate surface area is 140 Å². The number of aromatic nitrogens is 3. The van der Waals surface area contributed by atoms with Crippen LogP contribution in [0.15, 0.2) is 42.7 Å². The Kier molecular flexibility index (Phi) is 3.31. The van der Waals surface area contributed by atoms with Gasteiger partial charge in [-0.2, -0.15) is 5.10 Å². The molecule has 0 amide bonds. The van der Waals surface area contributed by atoms with E-state index in [-0.39, 0.29) is 5.41 Å². The van der Waals surface area contributed by atoms with Crippen molar-refractivity contribution in [1.82, 2.24) is 14.6 Å². The molecule has 2 heterocycles. The lowest BCUT2D eigenvalue weighted by atomic mass is 9.62. The zero-order valence-electron chi connectivity index (χ0n) is 13.3. The molecular weight excluding hydrogens is 308 g/mol. The Hall–Kier alpha value is -2.07. The second-order valence-electron chi connectivity index (χ2n) is 6.43. The monoisotopic (exact) mass is 326 g/mol. The minimum Gasteiger partial charge on any atom is -0.378 e. The van der Waals surface area contributed by atoms with Crippen molar-refractivity contribution < 1.29 is 0 Å². The first-order chi connectivity index (χ1) is 11.1. The molecular formula is C18H19ClN4. The van der Waals surface area contributed by atoms with Gasteiger partial charge in [-0.25, -0.2) is 9.50 Å². The van der Waals surface area contributed by atoms with E-state index in [1.54, 1.807) is 10.7 Å². The van der Waals surface area contributed by atoms with Gasteiger partial charge < -0.3 is 4.90 Å². The molecule has 0 saturated heterocycles. The van der Waals surface area contributed by atoms with Crippen LogP contribution in [-0.2, 0) is 5.41 Å². The smallest absolute Gasteiger partial charge is 0.174 e. The van der Waals surface area contributed by atoms with Crippen molar-refractivity contribution in [3.8, 4) is 0 Å². The van der Waals surface area contributed by atoms with E-state index >= 15 is 0 Å².